The van der Waals surface area contributed by atoms with Gasteiger partial charge >= 0.3 is 5.97 Å². The second-order valence-corrected chi connectivity index (χ2v) is 6.59. The first-order chi connectivity index (χ1) is 12.2. The second kappa shape index (κ2) is 8.20. The summed E-state index contributed by atoms with van der Waals surface area (Å²) in [5, 5.41) is 0.695. The lowest BCUT2D eigenvalue weighted by atomic mass is 10.1. The molecule has 0 bridgehead atoms. The molecule has 1 fully saturated rings. The molecule has 2 heterocycles. The van der Waals surface area contributed by atoms with Crippen LogP contribution in [0.25, 0.3) is 5.69 Å². The van der Waals surface area contributed by atoms with Gasteiger partial charge in [-0.1, -0.05) is 30.0 Å². The van der Waals surface area contributed by atoms with E-state index in [2.05, 4.69) is 4.98 Å². The van der Waals surface area contributed by atoms with Gasteiger partial charge < -0.3 is 9.64 Å². The molecule has 6 nitrogen and oxygen atoms in total. The van der Waals surface area contributed by atoms with Crippen LogP contribution in [0.1, 0.15) is 29.8 Å². The van der Waals surface area contributed by atoms with Crippen molar-refractivity contribution in [3.63, 3.8) is 0 Å². The third kappa shape index (κ3) is 4.04. The molecule has 1 aromatic carbocycles. The lowest BCUT2D eigenvalue weighted by Crippen LogP contribution is -2.38. The second-order valence-electron chi connectivity index (χ2n) is 5.82. The van der Waals surface area contributed by atoms with Crippen LogP contribution in [-0.2, 0) is 9.53 Å². The number of carbonyl (C=O) groups is 2. The molecule has 0 spiro atoms. The maximum Gasteiger partial charge on any atom is 0.357 e. The van der Waals surface area contributed by atoms with Gasteiger partial charge in [-0.2, -0.15) is 0 Å². The molecular weight excluding hydrogens is 338 g/mol. The molecule has 1 saturated heterocycles. The van der Waals surface area contributed by atoms with Crippen molar-refractivity contribution in [2.45, 2.75) is 24.4 Å². The number of hydrogen-bond acceptors (Lipinski definition) is 5. The molecule has 0 aliphatic carbocycles. The van der Waals surface area contributed by atoms with E-state index in [1.807, 2.05) is 36.6 Å². The topological polar surface area (TPSA) is 64.4 Å². The Morgan fingerprint density at radius 2 is 1.88 bits per heavy atom. The smallest absolute Gasteiger partial charge is 0.357 e. The lowest BCUT2D eigenvalue weighted by molar-refractivity contribution is -0.135. The molecule has 0 N–H and O–H groups in total. The predicted octanol–water partition coefficient (Wildman–Crippen LogP) is 2.76. The van der Waals surface area contributed by atoms with Crippen LogP contribution in [0.5, 0.6) is 0 Å². The fourth-order valence-electron chi connectivity index (χ4n) is 2.89. The van der Waals surface area contributed by atoms with E-state index >= 15 is 0 Å². The van der Waals surface area contributed by atoms with Crippen molar-refractivity contribution < 1.29 is 14.3 Å². The summed E-state index contributed by atoms with van der Waals surface area (Å²) in [5.74, 6) is -0.675. The van der Waals surface area contributed by atoms with Crippen molar-refractivity contribution in [2.75, 3.05) is 26.0 Å². The Morgan fingerprint density at radius 1 is 1.16 bits per heavy atom. The largest absolute Gasteiger partial charge is 0.451 e. The SMILES string of the molecule is CSc1ncc(C(=O)OCC(=O)N2CCCCC2)n1-c1ccccc1. The zero-order chi connectivity index (χ0) is 17.6. The number of likely N-dealkylation sites (tertiary alicyclic amines) is 1. The van der Waals surface area contributed by atoms with Gasteiger partial charge in [-0.3, -0.25) is 9.36 Å². The molecule has 0 saturated carbocycles. The lowest BCUT2D eigenvalue weighted by Gasteiger charge is -2.26. The molecule has 2 aromatic rings. The van der Waals surface area contributed by atoms with E-state index in [4.69, 9.17) is 4.74 Å². The van der Waals surface area contributed by atoms with Crippen molar-refractivity contribution >= 4 is 23.6 Å². The minimum atomic E-state index is -0.540. The number of imidazole rings is 1. The normalized spacial score (nSPS) is 14.4. The van der Waals surface area contributed by atoms with Gasteiger partial charge in [0.05, 0.1) is 6.20 Å². The van der Waals surface area contributed by atoms with Crippen LogP contribution in [0.3, 0.4) is 0 Å². The van der Waals surface area contributed by atoms with Gasteiger partial charge in [-0.05, 0) is 37.7 Å². The number of ether oxygens (including phenoxy) is 1. The summed E-state index contributed by atoms with van der Waals surface area (Å²) in [5.41, 5.74) is 1.15. The van der Waals surface area contributed by atoms with Gasteiger partial charge in [0.1, 0.15) is 0 Å². The number of rotatable bonds is 5. The van der Waals surface area contributed by atoms with Crippen LogP contribution in [-0.4, -0.2) is 52.3 Å². The maximum atomic E-state index is 12.5. The number of thioether (sulfide) groups is 1. The molecule has 1 aromatic heterocycles. The standard InChI is InChI=1S/C18H21N3O3S/c1-25-18-19-12-15(21(18)14-8-4-2-5-9-14)17(23)24-13-16(22)20-10-6-3-7-11-20/h2,4-5,8-9,12H,3,6-7,10-11,13H2,1H3. The zero-order valence-corrected chi connectivity index (χ0v) is 15.0. The first-order valence-electron chi connectivity index (χ1n) is 8.33. The van der Waals surface area contributed by atoms with Crippen molar-refractivity contribution in [3.8, 4) is 5.69 Å². The Balaban J connectivity index is 1.72. The highest BCUT2D eigenvalue weighted by atomic mass is 32.2. The monoisotopic (exact) mass is 359 g/mol. The van der Waals surface area contributed by atoms with E-state index in [0.717, 1.165) is 38.0 Å². The molecule has 7 heteroatoms. The van der Waals surface area contributed by atoms with E-state index in [9.17, 15) is 9.59 Å². The number of piperidine rings is 1. The molecule has 132 valence electrons. The fourth-order valence-corrected chi connectivity index (χ4v) is 3.43. The number of amides is 1. The molecule has 1 aliphatic heterocycles. The van der Waals surface area contributed by atoms with Crippen LogP contribution in [0.15, 0.2) is 41.7 Å². The van der Waals surface area contributed by atoms with Crippen LogP contribution in [0, 0.1) is 0 Å². The summed E-state index contributed by atoms with van der Waals surface area (Å²) in [4.78, 5) is 30.7. The highest BCUT2D eigenvalue weighted by Crippen LogP contribution is 2.22. The first kappa shape index (κ1) is 17.5. The Kier molecular flexibility index (Phi) is 5.75. The van der Waals surface area contributed by atoms with E-state index in [0.29, 0.717) is 10.9 Å². The highest BCUT2D eigenvalue weighted by molar-refractivity contribution is 7.98. The number of aromatic nitrogens is 2. The van der Waals surface area contributed by atoms with E-state index in [-0.39, 0.29) is 12.5 Å². The van der Waals surface area contributed by atoms with Gasteiger partial charge in [0.25, 0.3) is 5.91 Å². The quantitative estimate of drug-likeness (QED) is 0.607. The van der Waals surface area contributed by atoms with Crippen LogP contribution in [0.4, 0.5) is 0 Å². The number of benzene rings is 1. The molecule has 1 amide bonds. The summed E-state index contributed by atoms with van der Waals surface area (Å²) in [6.07, 6.45) is 6.57. The average Bonchev–Trinajstić information content (AvgIpc) is 3.11. The summed E-state index contributed by atoms with van der Waals surface area (Å²) >= 11 is 1.44. The van der Waals surface area contributed by atoms with E-state index in [1.54, 1.807) is 9.47 Å². The molecule has 0 unspecified atom stereocenters. The van der Waals surface area contributed by atoms with Gasteiger partial charge in [0.2, 0.25) is 0 Å². The van der Waals surface area contributed by atoms with Crippen LogP contribution < -0.4 is 0 Å². The summed E-state index contributed by atoms with van der Waals surface area (Å²) < 4.78 is 7.01. The molecule has 1 aliphatic rings. The third-order valence-electron chi connectivity index (χ3n) is 4.17. The third-order valence-corrected chi connectivity index (χ3v) is 4.82. The molecule has 0 atom stereocenters. The number of hydrogen-bond donors (Lipinski definition) is 0. The van der Waals surface area contributed by atoms with Crippen molar-refractivity contribution in [3.05, 3.63) is 42.2 Å². The summed E-state index contributed by atoms with van der Waals surface area (Å²) in [6.45, 7) is 1.26. The van der Waals surface area contributed by atoms with Gasteiger partial charge in [0.15, 0.2) is 17.5 Å². The predicted molar refractivity (Wildman–Crippen MR) is 96.1 cm³/mol. The maximum absolute atomic E-state index is 12.5. The summed E-state index contributed by atoms with van der Waals surface area (Å²) in [7, 11) is 0. The minimum Gasteiger partial charge on any atom is -0.451 e. The van der Waals surface area contributed by atoms with E-state index < -0.39 is 5.97 Å². The fraction of sp³-hybridized carbons (Fsp3) is 0.389. The zero-order valence-electron chi connectivity index (χ0n) is 14.2. The van der Waals surface area contributed by atoms with Crippen molar-refractivity contribution in [2.24, 2.45) is 0 Å². The Hall–Kier alpha value is -2.28. The van der Waals surface area contributed by atoms with Crippen molar-refractivity contribution in [1.29, 1.82) is 0 Å². The Labute approximate surface area is 151 Å². The number of nitrogens with zero attached hydrogens (tertiary/aromatic N) is 3. The molecular formula is C18H21N3O3S. The van der Waals surface area contributed by atoms with Gasteiger partial charge in [-0.25, -0.2) is 9.78 Å². The molecule has 3 rings (SSSR count). The Morgan fingerprint density at radius 3 is 2.56 bits per heavy atom. The summed E-state index contributed by atoms with van der Waals surface area (Å²) in [6, 6.07) is 9.51. The average molecular weight is 359 g/mol. The highest BCUT2D eigenvalue weighted by Gasteiger charge is 2.22. The molecule has 25 heavy (non-hydrogen) atoms. The van der Waals surface area contributed by atoms with Crippen LogP contribution in [0.2, 0.25) is 0 Å². The first-order valence-corrected chi connectivity index (χ1v) is 9.55. The Bertz CT molecular complexity index is 739. The minimum absolute atomic E-state index is 0.135. The number of para-hydroxylation sites is 1. The van der Waals surface area contributed by atoms with Gasteiger partial charge in [-0.15, -0.1) is 0 Å². The molecule has 0 radical (unpaired) electrons. The number of esters is 1. The van der Waals surface area contributed by atoms with Gasteiger partial charge in [0, 0.05) is 18.8 Å². The van der Waals surface area contributed by atoms with E-state index in [1.165, 1.54) is 18.0 Å². The van der Waals surface area contributed by atoms with Crippen LogP contribution >= 0.6 is 11.8 Å². The number of carbonyl (C=O) groups excluding carboxylic acids is 2. The van der Waals surface area contributed by atoms with Crippen molar-refractivity contribution in [1.82, 2.24) is 14.5 Å².